The maximum atomic E-state index is 2.57. The van der Waals surface area contributed by atoms with Gasteiger partial charge in [0, 0.05) is 38.8 Å². The number of nitrogens with zero attached hydrogens (tertiary/aromatic N) is 2. The van der Waals surface area contributed by atoms with Gasteiger partial charge in [-0.25, -0.2) is 0 Å². The lowest BCUT2D eigenvalue weighted by molar-refractivity contribution is 0.792. The molecule has 0 saturated heterocycles. The Balaban J connectivity index is 0.991. The molecule has 0 amide bonds. The average Bonchev–Trinajstić information content (AvgIpc) is 4.12. The molecular weight excluding hydrogens is 785 g/mol. The lowest BCUT2D eigenvalue weighted by atomic mass is 9.70. The molecule has 65 heavy (non-hydrogen) atoms. The highest BCUT2D eigenvalue weighted by Crippen LogP contribution is 2.63. The van der Waals surface area contributed by atoms with Crippen molar-refractivity contribution in [3.8, 4) is 44.8 Å². The number of hydrogen-bond donors (Lipinski definition) is 0. The van der Waals surface area contributed by atoms with Gasteiger partial charge in [0.25, 0.3) is 0 Å². The van der Waals surface area contributed by atoms with Gasteiger partial charge in [-0.1, -0.05) is 176 Å². The van der Waals surface area contributed by atoms with E-state index in [9.17, 15) is 0 Å². The van der Waals surface area contributed by atoms with Crippen molar-refractivity contribution < 1.29 is 0 Å². The quantitative estimate of drug-likeness (QED) is 0.157. The fourth-order valence-electron chi connectivity index (χ4n) is 12.3. The first kappa shape index (κ1) is 35.1. The first-order chi connectivity index (χ1) is 32.3. The Morgan fingerprint density at radius 2 is 0.877 bits per heavy atom. The summed E-state index contributed by atoms with van der Waals surface area (Å²) < 4.78 is 4.90. The van der Waals surface area contributed by atoms with E-state index in [0.717, 1.165) is 0 Å². The van der Waals surface area contributed by atoms with E-state index < -0.39 is 5.41 Å². The zero-order valence-corrected chi connectivity index (χ0v) is 35.3. The molecule has 2 aliphatic rings. The van der Waals surface area contributed by atoms with E-state index in [1.807, 2.05) is 0 Å². The SMILES string of the molecule is c1ccc2c(c1)-c1ccccc1C21c2ccccc2-c2ccc(-n3c4ccc(-c5ccc6c(ccn6-c6cccc7ccccc67)c5)cc4c4c5ccccc5c5ccccc5c43)cc21. The van der Waals surface area contributed by atoms with Crippen molar-refractivity contribution in [2.24, 2.45) is 0 Å². The number of rotatable bonds is 3. The summed E-state index contributed by atoms with van der Waals surface area (Å²) in [5.41, 5.74) is 18.7. The summed E-state index contributed by atoms with van der Waals surface area (Å²) >= 11 is 0. The maximum absolute atomic E-state index is 2.57. The second-order valence-corrected chi connectivity index (χ2v) is 18.0. The van der Waals surface area contributed by atoms with Crippen molar-refractivity contribution >= 4 is 65.0 Å². The summed E-state index contributed by atoms with van der Waals surface area (Å²) in [6.07, 6.45) is 2.21. The molecule has 0 bridgehead atoms. The van der Waals surface area contributed by atoms with E-state index in [4.69, 9.17) is 0 Å². The molecule has 0 N–H and O–H groups in total. The third-order valence-corrected chi connectivity index (χ3v) is 14.9. The van der Waals surface area contributed by atoms with Crippen molar-refractivity contribution in [3.05, 3.63) is 253 Å². The minimum absolute atomic E-state index is 0.430. The predicted octanol–water partition coefficient (Wildman–Crippen LogP) is 16.2. The van der Waals surface area contributed by atoms with Gasteiger partial charge in [0.05, 0.1) is 27.7 Å². The van der Waals surface area contributed by atoms with Crippen LogP contribution in [0.15, 0.2) is 231 Å². The molecule has 1 spiro atoms. The summed E-state index contributed by atoms with van der Waals surface area (Å²) in [4.78, 5) is 0. The second-order valence-electron chi connectivity index (χ2n) is 18.0. The summed E-state index contributed by atoms with van der Waals surface area (Å²) in [6.45, 7) is 0. The van der Waals surface area contributed by atoms with Gasteiger partial charge in [0.15, 0.2) is 0 Å². The van der Waals surface area contributed by atoms with Crippen LogP contribution in [-0.2, 0) is 5.41 Å². The fraction of sp³-hybridized carbons (Fsp3) is 0.0159. The van der Waals surface area contributed by atoms with E-state index in [1.54, 1.807) is 0 Å². The van der Waals surface area contributed by atoms with Crippen molar-refractivity contribution in [1.29, 1.82) is 0 Å². The van der Waals surface area contributed by atoms with Gasteiger partial charge in [0.2, 0.25) is 0 Å². The first-order valence-corrected chi connectivity index (χ1v) is 22.7. The highest BCUT2D eigenvalue weighted by Gasteiger charge is 2.51. The van der Waals surface area contributed by atoms with Gasteiger partial charge < -0.3 is 9.13 Å². The molecule has 0 unspecified atom stereocenters. The fourth-order valence-corrected chi connectivity index (χ4v) is 12.3. The van der Waals surface area contributed by atoms with Crippen molar-refractivity contribution in [1.82, 2.24) is 9.13 Å². The van der Waals surface area contributed by atoms with Gasteiger partial charge in [0.1, 0.15) is 0 Å². The summed E-state index contributed by atoms with van der Waals surface area (Å²) in [5, 5.41) is 11.3. The minimum atomic E-state index is -0.430. The predicted molar refractivity (Wildman–Crippen MR) is 272 cm³/mol. The molecule has 2 aliphatic carbocycles. The van der Waals surface area contributed by atoms with E-state index in [0.29, 0.717) is 0 Å². The smallest absolute Gasteiger partial charge is 0.0726 e. The van der Waals surface area contributed by atoms with E-state index in [-0.39, 0.29) is 0 Å². The molecule has 0 atom stereocenters. The maximum Gasteiger partial charge on any atom is 0.0726 e. The largest absolute Gasteiger partial charge is 0.316 e. The van der Waals surface area contributed by atoms with Crippen LogP contribution in [0.5, 0.6) is 0 Å². The lowest BCUT2D eigenvalue weighted by Crippen LogP contribution is -2.26. The van der Waals surface area contributed by atoms with Gasteiger partial charge >= 0.3 is 0 Å². The lowest BCUT2D eigenvalue weighted by Gasteiger charge is -2.30. The van der Waals surface area contributed by atoms with Crippen LogP contribution in [0.1, 0.15) is 22.3 Å². The normalized spacial score (nSPS) is 13.4. The molecule has 300 valence electrons. The topological polar surface area (TPSA) is 9.86 Å². The van der Waals surface area contributed by atoms with Crippen LogP contribution in [0.3, 0.4) is 0 Å². The van der Waals surface area contributed by atoms with Gasteiger partial charge in [-0.15, -0.1) is 0 Å². The Morgan fingerprint density at radius 1 is 0.323 bits per heavy atom. The van der Waals surface area contributed by atoms with Gasteiger partial charge in [-0.05, 0) is 126 Å². The zero-order chi connectivity index (χ0) is 42.4. The highest BCUT2D eigenvalue weighted by atomic mass is 15.0. The molecule has 11 aromatic carbocycles. The zero-order valence-electron chi connectivity index (χ0n) is 35.3. The van der Waals surface area contributed by atoms with Gasteiger partial charge in [-0.3, -0.25) is 0 Å². The summed E-state index contributed by atoms with van der Waals surface area (Å²) in [5.74, 6) is 0. The Morgan fingerprint density at radius 3 is 1.60 bits per heavy atom. The second kappa shape index (κ2) is 12.8. The molecule has 2 aromatic heterocycles. The third-order valence-electron chi connectivity index (χ3n) is 14.9. The molecule has 2 heteroatoms. The third kappa shape index (κ3) is 4.53. The van der Waals surface area contributed by atoms with Gasteiger partial charge in [-0.2, -0.15) is 0 Å². The van der Waals surface area contributed by atoms with Crippen LogP contribution in [-0.4, -0.2) is 9.13 Å². The molecular formula is C63H38N2. The Hall–Kier alpha value is -8.46. The summed E-state index contributed by atoms with van der Waals surface area (Å²) in [6, 6.07) is 84.1. The Labute approximate surface area is 375 Å². The van der Waals surface area contributed by atoms with Crippen molar-refractivity contribution in [3.63, 3.8) is 0 Å². The van der Waals surface area contributed by atoms with Crippen LogP contribution in [0.2, 0.25) is 0 Å². The molecule has 0 radical (unpaired) electrons. The molecule has 2 heterocycles. The number of benzene rings is 11. The average molecular weight is 823 g/mol. The first-order valence-electron chi connectivity index (χ1n) is 22.7. The summed E-state index contributed by atoms with van der Waals surface area (Å²) in [7, 11) is 0. The van der Waals surface area contributed by atoms with E-state index in [1.165, 1.54) is 132 Å². The van der Waals surface area contributed by atoms with Crippen molar-refractivity contribution in [2.45, 2.75) is 5.41 Å². The van der Waals surface area contributed by atoms with Crippen LogP contribution >= 0.6 is 0 Å². The Kier molecular flexibility index (Phi) is 6.91. The molecule has 0 aliphatic heterocycles. The van der Waals surface area contributed by atoms with Crippen molar-refractivity contribution in [2.75, 3.05) is 0 Å². The van der Waals surface area contributed by atoms with Crippen LogP contribution in [0.25, 0.3) is 110 Å². The van der Waals surface area contributed by atoms with E-state index in [2.05, 4.69) is 240 Å². The van der Waals surface area contributed by atoms with E-state index >= 15 is 0 Å². The van der Waals surface area contributed by atoms with Crippen LogP contribution in [0.4, 0.5) is 0 Å². The number of aromatic nitrogens is 2. The standard InChI is InChI=1S/C63H38N2/c1-2-16-44-39(14-1)15-13-27-59(44)64-35-34-42-36-40(28-32-58(42)64)41-29-33-60-53(37-41)61-51-22-5-3-17-45(51)46-18-4-6-23-52(46)62(61)65(60)43-30-31-50-49-21-9-12-26-56(49)63(57(50)38-43)54-24-10-7-19-47(54)48-20-8-11-25-55(48)63/h1-38H. The Bertz CT molecular complexity index is 4130. The number of hydrogen-bond acceptors (Lipinski definition) is 0. The monoisotopic (exact) mass is 822 g/mol. The highest BCUT2D eigenvalue weighted by molar-refractivity contribution is 6.32. The van der Waals surface area contributed by atoms with Crippen LogP contribution in [0, 0.1) is 0 Å². The molecule has 15 rings (SSSR count). The molecule has 0 fully saturated rings. The number of fused-ring (bicyclic) bond motifs is 20. The van der Waals surface area contributed by atoms with Crippen LogP contribution < -0.4 is 0 Å². The minimum Gasteiger partial charge on any atom is -0.316 e. The molecule has 13 aromatic rings. The molecule has 2 nitrogen and oxygen atoms in total. The molecule has 0 saturated carbocycles.